The van der Waals surface area contributed by atoms with E-state index in [0.717, 1.165) is 24.5 Å². The Morgan fingerprint density at radius 2 is 1.79 bits per heavy atom. The van der Waals surface area contributed by atoms with Crippen LogP contribution in [0.2, 0.25) is 0 Å². The van der Waals surface area contributed by atoms with E-state index in [0.29, 0.717) is 18.8 Å². The maximum absolute atomic E-state index is 12.9. The maximum Gasteiger partial charge on any atom is 0.234 e. The van der Waals surface area contributed by atoms with Gasteiger partial charge in [0.15, 0.2) is 0 Å². The van der Waals surface area contributed by atoms with Crippen molar-refractivity contribution >= 4 is 35.0 Å². The van der Waals surface area contributed by atoms with Crippen LogP contribution in [0.3, 0.4) is 0 Å². The number of carbonyl (C=O) groups excluding carboxylic acids is 2. The fourth-order valence-electron chi connectivity index (χ4n) is 3.07. The van der Waals surface area contributed by atoms with E-state index in [4.69, 9.17) is 4.74 Å². The van der Waals surface area contributed by atoms with E-state index in [2.05, 4.69) is 10.2 Å². The summed E-state index contributed by atoms with van der Waals surface area (Å²) in [6.45, 7) is 2.82. The molecule has 1 aliphatic heterocycles. The summed E-state index contributed by atoms with van der Waals surface area (Å²) in [6.07, 6.45) is 0. The maximum atomic E-state index is 12.9. The lowest BCUT2D eigenvalue weighted by atomic mass is 10.2. The third-order valence-electron chi connectivity index (χ3n) is 4.64. The summed E-state index contributed by atoms with van der Waals surface area (Å²) in [5, 5.41) is 2.69. The number of hydrogen-bond donors (Lipinski definition) is 1. The van der Waals surface area contributed by atoms with E-state index in [-0.39, 0.29) is 29.1 Å². The molecule has 1 heterocycles. The molecule has 0 bridgehead atoms. The first-order valence-electron chi connectivity index (χ1n) is 9.35. The first kappa shape index (κ1) is 21.0. The summed E-state index contributed by atoms with van der Waals surface area (Å²) in [6, 6.07) is 13.5. The van der Waals surface area contributed by atoms with E-state index in [1.54, 1.807) is 7.11 Å². The van der Waals surface area contributed by atoms with Gasteiger partial charge in [0.05, 0.1) is 18.6 Å². The van der Waals surface area contributed by atoms with Gasteiger partial charge in [-0.3, -0.25) is 9.59 Å². The van der Waals surface area contributed by atoms with Gasteiger partial charge in [-0.25, -0.2) is 4.39 Å². The molecule has 0 saturated carbocycles. The minimum absolute atomic E-state index is 0.0369. The second kappa shape index (κ2) is 10.2. The second-order valence-electron chi connectivity index (χ2n) is 6.62. The minimum atomic E-state index is -0.352. The van der Waals surface area contributed by atoms with Crippen LogP contribution in [0.5, 0.6) is 5.75 Å². The topological polar surface area (TPSA) is 61.9 Å². The Hall–Kier alpha value is -2.74. The third-order valence-corrected chi connectivity index (χ3v) is 5.55. The van der Waals surface area contributed by atoms with Crippen molar-refractivity contribution in [2.24, 2.45) is 0 Å². The van der Waals surface area contributed by atoms with Crippen LogP contribution in [0.4, 0.5) is 15.8 Å². The van der Waals surface area contributed by atoms with Crippen molar-refractivity contribution in [2.75, 3.05) is 55.0 Å². The molecule has 0 aromatic heterocycles. The average Bonchev–Trinajstić information content (AvgIpc) is 2.75. The minimum Gasteiger partial charge on any atom is -0.497 e. The van der Waals surface area contributed by atoms with Crippen LogP contribution in [0.25, 0.3) is 0 Å². The van der Waals surface area contributed by atoms with Crippen molar-refractivity contribution in [3.05, 3.63) is 54.3 Å². The number of thioether (sulfide) groups is 1. The predicted molar refractivity (Wildman–Crippen MR) is 114 cm³/mol. The van der Waals surface area contributed by atoms with Gasteiger partial charge in [-0.15, -0.1) is 11.8 Å². The molecule has 29 heavy (non-hydrogen) atoms. The number of ether oxygens (including phenoxy) is 1. The van der Waals surface area contributed by atoms with Gasteiger partial charge < -0.3 is 19.9 Å². The summed E-state index contributed by atoms with van der Waals surface area (Å²) < 4.78 is 18.1. The van der Waals surface area contributed by atoms with Gasteiger partial charge in [0.25, 0.3) is 0 Å². The highest BCUT2D eigenvalue weighted by Crippen LogP contribution is 2.22. The molecule has 154 valence electrons. The Morgan fingerprint density at radius 3 is 2.48 bits per heavy atom. The Morgan fingerprint density at radius 1 is 1.07 bits per heavy atom. The van der Waals surface area contributed by atoms with Crippen LogP contribution in [-0.4, -0.2) is 61.5 Å². The predicted octanol–water partition coefficient (Wildman–Crippen LogP) is 2.85. The van der Waals surface area contributed by atoms with Crippen LogP contribution >= 0.6 is 11.8 Å². The van der Waals surface area contributed by atoms with Crippen LogP contribution in [-0.2, 0) is 9.59 Å². The normalized spacial score (nSPS) is 13.9. The van der Waals surface area contributed by atoms with Gasteiger partial charge in [0.2, 0.25) is 11.8 Å². The summed E-state index contributed by atoms with van der Waals surface area (Å²) >= 11 is 1.28. The summed E-state index contributed by atoms with van der Waals surface area (Å²) in [5.41, 5.74) is 1.63. The van der Waals surface area contributed by atoms with Gasteiger partial charge in [-0.2, -0.15) is 0 Å². The SMILES string of the molecule is COc1cccc(N2CCN(C(=O)CSCC(=O)Nc3ccc(F)cc3)CC2)c1. The zero-order chi connectivity index (χ0) is 20.6. The quantitative estimate of drug-likeness (QED) is 0.751. The first-order chi connectivity index (χ1) is 14.0. The molecular formula is C21H24FN3O3S. The summed E-state index contributed by atoms with van der Waals surface area (Å²) in [4.78, 5) is 28.4. The lowest BCUT2D eigenvalue weighted by Gasteiger charge is -2.36. The molecule has 0 atom stereocenters. The molecule has 3 rings (SSSR count). The number of halogens is 1. The van der Waals surface area contributed by atoms with Crippen LogP contribution in [0, 0.1) is 5.82 Å². The standard InChI is InChI=1S/C21H24FN3O3S/c1-28-19-4-2-3-18(13-19)24-9-11-25(12-10-24)21(27)15-29-14-20(26)23-17-7-5-16(22)6-8-17/h2-8,13H,9-12,14-15H2,1H3,(H,23,26). The second-order valence-corrected chi connectivity index (χ2v) is 7.60. The molecule has 1 N–H and O–H groups in total. The number of nitrogens with zero attached hydrogens (tertiary/aromatic N) is 2. The Kier molecular flexibility index (Phi) is 7.35. The smallest absolute Gasteiger partial charge is 0.234 e. The molecule has 1 aliphatic rings. The molecule has 0 radical (unpaired) electrons. The fourth-order valence-corrected chi connectivity index (χ4v) is 3.79. The average molecular weight is 418 g/mol. The van der Waals surface area contributed by atoms with E-state index in [9.17, 15) is 14.0 Å². The van der Waals surface area contributed by atoms with Crippen molar-refractivity contribution in [1.29, 1.82) is 0 Å². The number of anilines is 2. The molecule has 0 aliphatic carbocycles. The molecule has 2 aromatic carbocycles. The van der Waals surface area contributed by atoms with Crippen molar-refractivity contribution in [3.8, 4) is 5.75 Å². The van der Waals surface area contributed by atoms with Gasteiger partial charge in [0, 0.05) is 43.6 Å². The highest BCUT2D eigenvalue weighted by atomic mass is 32.2. The van der Waals surface area contributed by atoms with E-state index >= 15 is 0 Å². The highest BCUT2D eigenvalue weighted by Gasteiger charge is 2.21. The Labute approximate surface area is 174 Å². The molecule has 0 spiro atoms. The van der Waals surface area contributed by atoms with E-state index in [1.807, 2.05) is 29.2 Å². The largest absolute Gasteiger partial charge is 0.497 e. The summed E-state index contributed by atoms with van der Waals surface area (Å²) in [7, 11) is 1.65. The van der Waals surface area contributed by atoms with Crippen molar-refractivity contribution in [1.82, 2.24) is 4.90 Å². The van der Waals surface area contributed by atoms with Gasteiger partial charge in [-0.1, -0.05) is 6.07 Å². The monoisotopic (exact) mass is 417 g/mol. The Bertz CT molecular complexity index is 839. The number of methoxy groups -OCH3 is 1. The van der Waals surface area contributed by atoms with Gasteiger partial charge in [-0.05, 0) is 36.4 Å². The molecule has 6 nitrogen and oxygen atoms in total. The Balaban J connectivity index is 1.38. The van der Waals surface area contributed by atoms with Crippen LogP contribution in [0.15, 0.2) is 48.5 Å². The lowest BCUT2D eigenvalue weighted by molar-refractivity contribution is -0.128. The van der Waals surface area contributed by atoms with E-state index < -0.39 is 0 Å². The number of amides is 2. The molecule has 2 aromatic rings. The first-order valence-corrected chi connectivity index (χ1v) is 10.5. The number of benzene rings is 2. The van der Waals surface area contributed by atoms with Crippen LogP contribution in [0.1, 0.15) is 0 Å². The number of hydrogen-bond acceptors (Lipinski definition) is 5. The zero-order valence-corrected chi connectivity index (χ0v) is 17.1. The highest BCUT2D eigenvalue weighted by molar-refractivity contribution is 8.00. The van der Waals surface area contributed by atoms with Crippen LogP contribution < -0.4 is 15.0 Å². The molecule has 1 saturated heterocycles. The number of nitrogens with one attached hydrogen (secondary N) is 1. The molecular weight excluding hydrogens is 393 g/mol. The number of piperazine rings is 1. The number of carbonyl (C=O) groups is 2. The fraction of sp³-hybridized carbons (Fsp3) is 0.333. The number of rotatable bonds is 7. The zero-order valence-electron chi connectivity index (χ0n) is 16.3. The summed E-state index contributed by atoms with van der Waals surface area (Å²) in [5.74, 6) is 0.723. The van der Waals surface area contributed by atoms with Gasteiger partial charge >= 0.3 is 0 Å². The molecule has 2 amide bonds. The third kappa shape index (κ3) is 6.12. The van der Waals surface area contributed by atoms with Gasteiger partial charge in [0.1, 0.15) is 11.6 Å². The van der Waals surface area contributed by atoms with Crippen molar-refractivity contribution in [3.63, 3.8) is 0 Å². The molecule has 8 heteroatoms. The molecule has 0 unspecified atom stereocenters. The van der Waals surface area contributed by atoms with Crippen molar-refractivity contribution in [2.45, 2.75) is 0 Å². The molecule has 1 fully saturated rings. The van der Waals surface area contributed by atoms with E-state index in [1.165, 1.54) is 36.0 Å². The van der Waals surface area contributed by atoms with Crippen molar-refractivity contribution < 1.29 is 18.7 Å². The lowest BCUT2D eigenvalue weighted by Crippen LogP contribution is -2.49.